The van der Waals surface area contributed by atoms with E-state index in [4.69, 9.17) is 0 Å². The smallest absolute Gasteiger partial charge is 0.247 e. The summed E-state index contributed by atoms with van der Waals surface area (Å²) in [6.45, 7) is 0.808. The lowest BCUT2D eigenvalue weighted by Crippen LogP contribution is -2.37. The second-order valence-corrected chi connectivity index (χ2v) is 6.65. The van der Waals surface area contributed by atoms with Crippen LogP contribution < -0.4 is 4.90 Å². The molecule has 0 saturated carbocycles. The van der Waals surface area contributed by atoms with Crippen LogP contribution in [0, 0.1) is 0 Å². The average Bonchev–Trinajstić information content (AvgIpc) is 2.67. The highest BCUT2D eigenvalue weighted by Crippen LogP contribution is 2.30. The fourth-order valence-corrected chi connectivity index (χ4v) is 3.26. The highest BCUT2D eigenvalue weighted by atomic mass is 16.2. The third-order valence-corrected chi connectivity index (χ3v) is 4.68. The number of hydrogen-bond acceptors (Lipinski definition) is 3. The van der Waals surface area contributed by atoms with Gasteiger partial charge in [-0.1, -0.05) is 18.2 Å². The first-order valence-corrected chi connectivity index (χ1v) is 8.81. The third kappa shape index (κ3) is 4.27. The Kier molecular flexibility index (Phi) is 5.49. The van der Waals surface area contributed by atoms with Crippen LogP contribution in [0.5, 0.6) is 0 Å². The second-order valence-electron chi connectivity index (χ2n) is 6.65. The minimum atomic E-state index is 0.0743. The normalized spacial score (nSPS) is 17.7. The highest BCUT2D eigenvalue weighted by Gasteiger charge is 2.26. The van der Waals surface area contributed by atoms with Crippen molar-refractivity contribution in [3.05, 3.63) is 66.0 Å². The Labute approximate surface area is 149 Å². The van der Waals surface area contributed by atoms with Crippen LogP contribution in [-0.4, -0.2) is 36.4 Å². The lowest BCUT2D eigenvalue weighted by atomic mass is 9.96. The van der Waals surface area contributed by atoms with Crippen molar-refractivity contribution >= 4 is 17.7 Å². The summed E-state index contributed by atoms with van der Waals surface area (Å²) in [5.74, 6) is 0.0743. The van der Waals surface area contributed by atoms with Crippen molar-refractivity contribution in [1.82, 2.24) is 9.88 Å². The maximum absolute atomic E-state index is 12.7. The van der Waals surface area contributed by atoms with Gasteiger partial charge in [-0.15, -0.1) is 0 Å². The molecule has 1 fully saturated rings. The monoisotopic (exact) mass is 335 g/mol. The Bertz CT molecular complexity index is 723. The summed E-state index contributed by atoms with van der Waals surface area (Å²) in [5.41, 5.74) is 3.31. The van der Waals surface area contributed by atoms with Crippen LogP contribution in [0.2, 0.25) is 0 Å². The van der Waals surface area contributed by atoms with Crippen molar-refractivity contribution in [2.45, 2.75) is 25.3 Å². The predicted octanol–water partition coefficient (Wildman–Crippen LogP) is 3.91. The molecule has 0 N–H and O–H groups in total. The van der Waals surface area contributed by atoms with Gasteiger partial charge in [0.25, 0.3) is 0 Å². The number of anilines is 1. The number of aromatic nitrogens is 1. The molecule has 1 aliphatic rings. The molecule has 1 aromatic carbocycles. The molecule has 1 amide bonds. The SMILES string of the molecule is CN(C)c1ccc(/C=C/C(=O)N2CCCC[C@@H]2c2cccnc2)cc1. The van der Waals surface area contributed by atoms with E-state index in [9.17, 15) is 4.79 Å². The number of nitrogens with zero attached hydrogens (tertiary/aromatic N) is 3. The van der Waals surface area contributed by atoms with Gasteiger partial charge in [0.15, 0.2) is 0 Å². The molecule has 4 nitrogen and oxygen atoms in total. The van der Waals surface area contributed by atoms with E-state index in [0.29, 0.717) is 0 Å². The summed E-state index contributed by atoms with van der Waals surface area (Å²) in [6.07, 6.45) is 10.5. The number of hydrogen-bond donors (Lipinski definition) is 0. The minimum Gasteiger partial charge on any atom is -0.378 e. The number of carbonyl (C=O) groups is 1. The molecule has 4 heteroatoms. The lowest BCUT2D eigenvalue weighted by molar-refractivity contribution is -0.129. The largest absolute Gasteiger partial charge is 0.378 e. The maximum atomic E-state index is 12.7. The number of carbonyl (C=O) groups excluding carboxylic acids is 1. The molecule has 130 valence electrons. The molecule has 1 atom stereocenters. The van der Waals surface area contributed by atoms with Crippen molar-refractivity contribution in [2.75, 3.05) is 25.5 Å². The average molecular weight is 335 g/mol. The second kappa shape index (κ2) is 7.97. The zero-order valence-corrected chi connectivity index (χ0v) is 14.9. The summed E-state index contributed by atoms with van der Waals surface area (Å²) < 4.78 is 0. The standard InChI is InChI=1S/C21H25N3O/c1-23(2)19-11-8-17(9-12-19)10-13-21(25)24-15-4-3-7-20(24)18-6-5-14-22-16-18/h5-6,8-14,16,20H,3-4,7,15H2,1-2H3/b13-10+/t20-/m1/s1. The van der Waals surface area contributed by atoms with Crippen LogP contribution in [0.4, 0.5) is 5.69 Å². The fourth-order valence-electron chi connectivity index (χ4n) is 3.26. The van der Waals surface area contributed by atoms with E-state index in [2.05, 4.69) is 28.1 Å². The van der Waals surface area contributed by atoms with Gasteiger partial charge in [-0.3, -0.25) is 9.78 Å². The van der Waals surface area contributed by atoms with Crippen molar-refractivity contribution < 1.29 is 4.79 Å². The number of rotatable bonds is 4. The van der Waals surface area contributed by atoms with E-state index in [1.54, 1.807) is 12.3 Å². The number of benzene rings is 1. The zero-order valence-electron chi connectivity index (χ0n) is 14.9. The molecule has 0 aliphatic carbocycles. The minimum absolute atomic E-state index is 0.0743. The molecule has 1 aromatic heterocycles. The van der Waals surface area contributed by atoms with Crippen molar-refractivity contribution in [2.24, 2.45) is 0 Å². The van der Waals surface area contributed by atoms with Gasteiger partial charge >= 0.3 is 0 Å². The highest BCUT2D eigenvalue weighted by molar-refractivity contribution is 5.92. The Morgan fingerprint density at radius 2 is 2.00 bits per heavy atom. The molecular weight excluding hydrogens is 310 g/mol. The maximum Gasteiger partial charge on any atom is 0.247 e. The number of piperidine rings is 1. The molecule has 3 rings (SSSR count). The Balaban J connectivity index is 1.72. The predicted molar refractivity (Wildman–Crippen MR) is 102 cm³/mol. The number of likely N-dealkylation sites (tertiary alicyclic amines) is 1. The third-order valence-electron chi connectivity index (χ3n) is 4.68. The lowest BCUT2D eigenvalue weighted by Gasteiger charge is -2.35. The Morgan fingerprint density at radius 3 is 2.68 bits per heavy atom. The molecule has 0 unspecified atom stereocenters. The molecule has 0 spiro atoms. The van der Waals surface area contributed by atoms with E-state index in [1.807, 2.05) is 49.5 Å². The van der Waals surface area contributed by atoms with Crippen LogP contribution in [0.25, 0.3) is 6.08 Å². The van der Waals surface area contributed by atoms with E-state index in [-0.39, 0.29) is 11.9 Å². The van der Waals surface area contributed by atoms with Gasteiger partial charge in [0, 0.05) is 44.8 Å². The molecule has 1 saturated heterocycles. The van der Waals surface area contributed by atoms with E-state index >= 15 is 0 Å². The molecule has 1 aliphatic heterocycles. The topological polar surface area (TPSA) is 36.4 Å². The molecule has 25 heavy (non-hydrogen) atoms. The van der Waals surface area contributed by atoms with Crippen LogP contribution >= 0.6 is 0 Å². The van der Waals surface area contributed by atoms with Crippen LogP contribution in [0.3, 0.4) is 0 Å². The van der Waals surface area contributed by atoms with E-state index < -0.39 is 0 Å². The van der Waals surface area contributed by atoms with Gasteiger partial charge in [0.1, 0.15) is 0 Å². The first-order chi connectivity index (χ1) is 12.1. The molecule has 0 radical (unpaired) electrons. The van der Waals surface area contributed by atoms with Crippen LogP contribution in [0.15, 0.2) is 54.9 Å². The number of amides is 1. The Morgan fingerprint density at radius 1 is 1.20 bits per heavy atom. The van der Waals surface area contributed by atoms with Crippen molar-refractivity contribution in [1.29, 1.82) is 0 Å². The molecule has 2 aromatic rings. The van der Waals surface area contributed by atoms with E-state index in [0.717, 1.165) is 42.6 Å². The van der Waals surface area contributed by atoms with Gasteiger partial charge < -0.3 is 9.80 Å². The number of pyridine rings is 1. The van der Waals surface area contributed by atoms with E-state index in [1.165, 1.54) is 0 Å². The van der Waals surface area contributed by atoms with Gasteiger partial charge in [-0.25, -0.2) is 0 Å². The van der Waals surface area contributed by atoms with Gasteiger partial charge in [-0.2, -0.15) is 0 Å². The van der Waals surface area contributed by atoms with Gasteiger partial charge in [0.05, 0.1) is 6.04 Å². The summed E-state index contributed by atoms with van der Waals surface area (Å²) >= 11 is 0. The molecule has 0 bridgehead atoms. The fraction of sp³-hybridized carbons (Fsp3) is 0.333. The summed E-state index contributed by atoms with van der Waals surface area (Å²) in [6, 6.07) is 12.3. The molecule has 2 heterocycles. The summed E-state index contributed by atoms with van der Waals surface area (Å²) in [7, 11) is 4.03. The van der Waals surface area contributed by atoms with Crippen molar-refractivity contribution in [3.8, 4) is 0 Å². The van der Waals surface area contributed by atoms with Gasteiger partial charge in [-0.05, 0) is 54.7 Å². The first kappa shape index (κ1) is 17.2. The van der Waals surface area contributed by atoms with Gasteiger partial charge in [0.2, 0.25) is 5.91 Å². The Hall–Kier alpha value is -2.62. The first-order valence-electron chi connectivity index (χ1n) is 8.81. The van der Waals surface area contributed by atoms with Crippen molar-refractivity contribution in [3.63, 3.8) is 0 Å². The molecular formula is C21H25N3O. The van der Waals surface area contributed by atoms with Crippen LogP contribution in [-0.2, 0) is 4.79 Å². The quantitative estimate of drug-likeness (QED) is 0.795. The zero-order chi connectivity index (χ0) is 17.6. The summed E-state index contributed by atoms with van der Waals surface area (Å²) in [5, 5.41) is 0. The summed E-state index contributed by atoms with van der Waals surface area (Å²) in [4.78, 5) is 21.0. The van der Waals surface area contributed by atoms with Crippen LogP contribution in [0.1, 0.15) is 36.4 Å².